The first-order valence-electron chi connectivity index (χ1n) is 5.63. The third kappa shape index (κ3) is 2.50. The maximum Gasteiger partial charge on any atom is -0.0383 e. The van der Waals surface area contributed by atoms with E-state index in [4.69, 9.17) is 0 Å². The number of hydrogen-bond donors (Lipinski definition) is 0. The second-order valence-electron chi connectivity index (χ2n) is 5.06. The van der Waals surface area contributed by atoms with Crippen molar-refractivity contribution in [1.29, 1.82) is 0 Å². The molecule has 1 aliphatic rings. The minimum atomic E-state index is 0.947. The van der Waals surface area contributed by atoms with E-state index in [2.05, 4.69) is 27.7 Å². The van der Waals surface area contributed by atoms with Crippen LogP contribution in [0.4, 0.5) is 0 Å². The van der Waals surface area contributed by atoms with Crippen molar-refractivity contribution in [1.82, 2.24) is 0 Å². The SMILES string of the molecule is CCC(C)CC1CC(C)CC1C. The van der Waals surface area contributed by atoms with Crippen molar-refractivity contribution in [2.24, 2.45) is 23.7 Å². The van der Waals surface area contributed by atoms with Crippen LogP contribution in [0.15, 0.2) is 0 Å². The van der Waals surface area contributed by atoms with E-state index in [-0.39, 0.29) is 0 Å². The van der Waals surface area contributed by atoms with Crippen LogP contribution in [0.5, 0.6) is 0 Å². The summed E-state index contributed by atoms with van der Waals surface area (Å²) in [7, 11) is 0. The lowest BCUT2D eigenvalue weighted by atomic mass is 9.87. The van der Waals surface area contributed by atoms with Crippen LogP contribution in [0.25, 0.3) is 0 Å². The van der Waals surface area contributed by atoms with Crippen molar-refractivity contribution < 1.29 is 0 Å². The van der Waals surface area contributed by atoms with Gasteiger partial charge in [0.2, 0.25) is 0 Å². The molecule has 0 nitrogen and oxygen atoms in total. The normalized spacial score (nSPS) is 38.5. The summed E-state index contributed by atoms with van der Waals surface area (Å²) in [4.78, 5) is 0. The first kappa shape index (κ1) is 10.1. The Morgan fingerprint density at radius 2 is 1.92 bits per heavy atom. The molecule has 0 N–H and O–H groups in total. The Bertz CT molecular complexity index is 128. The zero-order valence-corrected chi connectivity index (χ0v) is 9.14. The zero-order valence-electron chi connectivity index (χ0n) is 9.14. The number of hydrogen-bond acceptors (Lipinski definition) is 0. The van der Waals surface area contributed by atoms with E-state index >= 15 is 0 Å². The van der Waals surface area contributed by atoms with Gasteiger partial charge in [0.1, 0.15) is 0 Å². The van der Waals surface area contributed by atoms with E-state index in [9.17, 15) is 0 Å². The standard InChI is InChI=1S/C12H24/c1-5-9(2)7-12-8-10(3)6-11(12)4/h9-12H,5-8H2,1-4H3. The Kier molecular flexibility index (Phi) is 3.61. The monoisotopic (exact) mass is 168 g/mol. The van der Waals surface area contributed by atoms with Crippen molar-refractivity contribution in [3.63, 3.8) is 0 Å². The molecule has 72 valence electrons. The minimum Gasteiger partial charge on any atom is -0.0651 e. The topological polar surface area (TPSA) is 0 Å². The van der Waals surface area contributed by atoms with E-state index < -0.39 is 0 Å². The Morgan fingerprint density at radius 1 is 1.25 bits per heavy atom. The highest BCUT2D eigenvalue weighted by Crippen LogP contribution is 2.39. The molecule has 1 fully saturated rings. The molecule has 0 amide bonds. The zero-order chi connectivity index (χ0) is 9.14. The third-order valence-corrected chi connectivity index (χ3v) is 3.69. The van der Waals surface area contributed by atoms with Gasteiger partial charge in [-0.25, -0.2) is 0 Å². The van der Waals surface area contributed by atoms with Crippen molar-refractivity contribution in [3.05, 3.63) is 0 Å². The van der Waals surface area contributed by atoms with Gasteiger partial charge in [-0.05, 0) is 42.9 Å². The fourth-order valence-corrected chi connectivity index (χ4v) is 2.68. The van der Waals surface area contributed by atoms with Crippen molar-refractivity contribution in [3.8, 4) is 0 Å². The molecule has 0 heteroatoms. The summed E-state index contributed by atoms with van der Waals surface area (Å²) in [5, 5.41) is 0. The van der Waals surface area contributed by atoms with Gasteiger partial charge in [-0.2, -0.15) is 0 Å². The van der Waals surface area contributed by atoms with Crippen LogP contribution in [0.1, 0.15) is 53.4 Å². The van der Waals surface area contributed by atoms with Crippen LogP contribution >= 0.6 is 0 Å². The smallest absolute Gasteiger partial charge is 0.0383 e. The van der Waals surface area contributed by atoms with Crippen molar-refractivity contribution >= 4 is 0 Å². The average molecular weight is 168 g/mol. The summed E-state index contributed by atoms with van der Waals surface area (Å²) in [6.07, 6.45) is 5.80. The Balaban J connectivity index is 2.32. The molecule has 1 saturated carbocycles. The maximum atomic E-state index is 2.44. The van der Waals surface area contributed by atoms with Gasteiger partial charge in [0.05, 0.1) is 0 Å². The highest BCUT2D eigenvalue weighted by molar-refractivity contribution is 4.79. The molecule has 0 aromatic carbocycles. The van der Waals surface area contributed by atoms with E-state index in [0.717, 1.165) is 23.7 Å². The van der Waals surface area contributed by atoms with E-state index in [1.807, 2.05) is 0 Å². The predicted octanol–water partition coefficient (Wildman–Crippen LogP) is 4.10. The molecule has 1 rings (SSSR count). The molecule has 0 heterocycles. The molecule has 0 saturated heterocycles. The highest BCUT2D eigenvalue weighted by Gasteiger charge is 2.28. The quantitative estimate of drug-likeness (QED) is 0.595. The van der Waals surface area contributed by atoms with E-state index in [1.165, 1.54) is 25.7 Å². The highest BCUT2D eigenvalue weighted by atomic mass is 14.3. The predicted molar refractivity (Wildman–Crippen MR) is 55.1 cm³/mol. The van der Waals surface area contributed by atoms with Gasteiger partial charge >= 0.3 is 0 Å². The summed E-state index contributed by atoms with van der Waals surface area (Å²) < 4.78 is 0. The van der Waals surface area contributed by atoms with E-state index in [0.29, 0.717) is 0 Å². The molecule has 0 radical (unpaired) electrons. The molecule has 0 aromatic rings. The molecule has 0 spiro atoms. The van der Waals surface area contributed by atoms with Crippen LogP contribution in [0, 0.1) is 23.7 Å². The molecule has 4 unspecified atom stereocenters. The fraction of sp³-hybridized carbons (Fsp3) is 1.00. The molecule has 12 heavy (non-hydrogen) atoms. The van der Waals surface area contributed by atoms with Crippen LogP contribution in [-0.2, 0) is 0 Å². The molecular weight excluding hydrogens is 144 g/mol. The Labute approximate surface area is 77.7 Å². The summed E-state index contributed by atoms with van der Waals surface area (Å²) in [6.45, 7) is 9.56. The molecule has 0 bridgehead atoms. The minimum absolute atomic E-state index is 0.947. The lowest BCUT2D eigenvalue weighted by Crippen LogP contribution is -2.08. The van der Waals surface area contributed by atoms with Gasteiger partial charge in [-0.3, -0.25) is 0 Å². The summed E-state index contributed by atoms with van der Waals surface area (Å²) in [5.74, 6) is 3.97. The van der Waals surface area contributed by atoms with Crippen molar-refractivity contribution in [2.75, 3.05) is 0 Å². The van der Waals surface area contributed by atoms with Gasteiger partial charge in [0, 0.05) is 0 Å². The third-order valence-electron chi connectivity index (χ3n) is 3.69. The molecule has 0 aromatic heterocycles. The maximum absolute atomic E-state index is 2.44. The first-order valence-corrected chi connectivity index (χ1v) is 5.63. The summed E-state index contributed by atoms with van der Waals surface area (Å²) in [5.41, 5.74) is 0. The molecule has 4 atom stereocenters. The van der Waals surface area contributed by atoms with Gasteiger partial charge in [0.15, 0.2) is 0 Å². The van der Waals surface area contributed by atoms with Gasteiger partial charge in [0.25, 0.3) is 0 Å². The van der Waals surface area contributed by atoms with Crippen LogP contribution in [0.3, 0.4) is 0 Å². The average Bonchev–Trinajstić information content (AvgIpc) is 2.30. The first-order chi connectivity index (χ1) is 5.63. The van der Waals surface area contributed by atoms with Crippen LogP contribution in [0.2, 0.25) is 0 Å². The fourth-order valence-electron chi connectivity index (χ4n) is 2.68. The second-order valence-corrected chi connectivity index (χ2v) is 5.06. The van der Waals surface area contributed by atoms with Gasteiger partial charge < -0.3 is 0 Å². The lowest BCUT2D eigenvalue weighted by Gasteiger charge is -2.18. The molecule has 1 aliphatic carbocycles. The van der Waals surface area contributed by atoms with Crippen molar-refractivity contribution in [2.45, 2.75) is 53.4 Å². The number of rotatable bonds is 3. The molecule has 0 aliphatic heterocycles. The molecular formula is C12H24. The largest absolute Gasteiger partial charge is 0.0651 e. The Hall–Kier alpha value is 0. The summed E-state index contributed by atoms with van der Waals surface area (Å²) in [6, 6.07) is 0. The van der Waals surface area contributed by atoms with Gasteiger partial charge in [-0.1, -0.05) is 34.1 Å². The lowest BCUT2D eigenvalue weighted by molar-refractivity contribution is 0.324. The van der Waals surface area contributed by atoms with E-state index in [1.54, 1.807) is 0 Å². The van der Waals surface area contributed by atoms with Crippen LogP contribution in [-0.4, -0.2) is 0 Å². The Morgan fingerprint density at radius 3 is 2.33 bits per heavy atom. The second kappa shape index (κ2) is 4.30. The van der Waals surface area contributed by atoms with Crippen LogP contribution < -0.4 is 0 Å². The van der Waals surface area contributed by atoms with Gasteiger partial charge in [-0.15, -0.1) is 0 Å². The summed E-state index contributed by atoms with van der Waals surface area (Å²) >= 11 is 0.